The zero-order valence-corrected chi connectivity index (χ0v) is 11.8. The number of carboxylic acids is 1. The van der Waals surface area contributed by atoms with E-state index in [4.69, 9.17) is 4.74 Å². The van der Waals surface area contributed by atoms with E-state index in [1.165, 1.54) is 13.2 Å². The third-order valence-electron chi connectivity index (χ3n) is 4.35. The Morgan fingerprint density at radius 3 is 2.76 bits per heavy atom. The average molecular weight is 290 g/mol. The van der Waals surface area contributed by atoms with E-state index >= 15 is 0 Å². The molecule has 1 amide bonds. The van der Waals surface area contributed by atoms with E-state index in [1.807, 2.05) is 0 Å². The molecule has 0 aliphatic carbocycles. The molecule has 2 aliphatic rings. The first kappa shape index (κ1) is 13.9. The Bertz CT molecular complexity index is 587. The molecule has 3 atom stereocenters. The summed E-state index contributed by atoms with van der Waals surface area (Å²) in [5, 5.41) is 15.4. The third kappa shape index (κ3) is 2.58. The molecule has 2 bridgehead atoms. The molecular weight excluding hydrogens is 272 g/mol. The van der Waals surface area contributed by atoms with Gasteiger partial charge in [0.15, 0.2) is 0 Å². The van der Waals surface area contributed by atoms with Crippen LogP contribution < -0.4 is 15.4 Å². The van der Waals surface area contributed by atoms with Gasteiger partial charge < -0.3 is 20.5 Å². The number of hydrogen-bond acceptors (Lipinski definition) is 4. The van der Waals surface area contributed by atoms with Crippen LogP contribution in [0.4, 0.5) is 5.69 Å². The quantitative estimate of drug-likeness (QED) is 0.781. The number of carbonyl (C=O) groups excluding carboxylic acids is 1. The molecule has 0 saturated carbocycles. The van der Waals surface area contributed by atoms with Gasteiger partial charge in [-0.1, -0.05) is 0 Å². The van der Waals surface area contributed by atoms with Crippen LogP contribution in [0.1, 0.15) is 29.6 Å². The Labute approximate surface area is 122 Å². The van der Waals surface area contributed by atoms with Crippen molar-refractivity contribution in [1.29, 1.82) is 0 Å². The van der Waals surface area contributed by atoms with E-state index in [9.17, 15) is 14.7 Å². The Balaban J connectivity index is 1.80. The minimum Gasteiger partial charge on any atom is -0.497 e. The molecule has 2 aliphatic heterocycles. The summed E-state index contributed by atoms with van der Waals surface area (Å²) in [5.41, 5.74) is 0.356. The standard InChI is InChI=1S/C15H18N2O4/c1-21-9-3-4-10(15(19)20)13(7-9)17-14(18)11-6-8-2-5-12(11)16-8/h3-4,7-8,11-12,16H,2,5-6H2,1H3,(H,17,18)(H,19,20). The first-order valence-electron chi connectivity index (χ1n) is 7.06. The first-order chi connectivity index (χ1) is 10.1. The molecule has 1 aromatic carbocycles. The monoisotopic (exact) mass is 290 g/mol. The summed E-state index contributed by atoms with van der Waals surface area (Å²) in [7, 11) is 1.50. The fourth-order valence-electron chi connectivity index (χ4n) is 3.28. The maximum Gasteiger partial charge on any atom is 0.337 e. The molecular formula is C15H18N2O4. The zero-order chi connectivity index (χ0) is 15.0. The lowest BCUT2D eigenvalue weighted by molar-refractivity contribution is -0.120. The van der Waals surface area contributed by atoms with Gasteiger partial charge in [-0.25, -0.2) is 4.79 Å². The van der Waals surface area contributed by atoms with E-state index in [2.05, 4.69) is 10.6 Å². The number of anilines is 1. The molecule has 21 heavy (non-hydrogen) atoms. The SMILES string of the molecule is COc1ccc(C(=O)O)c(NC(=O)C2CC3CCC2N3)c1. The van der Waals surface area contributed by atoms with Gasteiger partial charge in [0.05, 0.1) is 24.3 Å². The minimum atomic E-state index is -1.07. The first-order valence-corrected chi connectivity index (χ1v) is 7.06. The number of carbonyl (C=O) groups is 2. The highest BCUT2D eigenvalue weighted by molar-refractivity contribution is 6.01. The lowest BCUT2D eigenvalue weighted by atomic mass is 9.88. The van der Waals surface area contributed by atoms with Crippen LogP contribution in [0.2, 0.25) is 0 Å². The molecule has 6 nitrogen and oxygen atoms in total. The Morgan fingerprint density at radius 2 is 2.19 bits per heavy atom. The number of benzene rings is 1. The molecule has 3 rings (SSSR count). The van der Waals surface area contributed by atoms with Crippen molar-refractivity contribution in [2.45, 2.75) is 31.3 Å². The van der Waals surface area contributed by atoms with Crippen molar-refractivity contribution in [3.05, 3.63) is 23.8 Å². The summed E-state index contributed by atoms with van der Waals surface area (Å²) in [6, 6.07) is 5.19. The van der Waals surface area contributed by atoms with Gasteiger partial charge in [0.25, 0.3) is 0 Å². The number of hydrogen-bond donors (Lipinski definition) is 3. The van der Waals surface area contributed by atoms with Gasteiger partial charge in [-0.3, -0.25) is 4.79 Å². The topological polar surface area (TPSA) is 87.7 Å². The van der Waals surface area contributed by atoms with Crippen molar-refractivity contribution in [3.63, 3.8) is 0 Å². The zero-order valence-electron chi connectivity index (χ0n) is 11.8. The number of ether oxygens (including phenoxy) is 1. The summed E-state index contributed by atoms with van der Waals surface area (Å²) < 4.78 is 5.09. The number of amides is 1. The highest BCUT2D eigenvalue weighted by Gasteiger charge is 2.42. The van der Waals surface area contributed by atoms with E-state index < -0.39 is 5.97 Å². The summed E-state index contributed by atoms with van der Waals surface area (Å²) in [6.07, 6.45) is 2.95. The molecule has 112 valence electrons. The molecule has 6 heteroatoms. The van der Waals surface area contributed by atoms with E-state index in [-0.39, 0.29) is 29.1 Å². The Hall–Kier alpha value is -2.08. The fourth-order valence-corrected chi connectivity index (χ4v) is 3.28. The second-order valence-corrected chi connectivity index (χ2v) is 5.60. The maximum absolute atomic E-state index is 12.4. The van der Waals surface area contributed by atoms with Crippen LogP contribution in [0.3, 0.4) is 0 Å². The number of fused-ring (bicyclic) bond motifs is 2. The predicted octanol–water partition coefficient (Wildman–Crippen LogP) is 1.47. The summed E-state index contributed by atoms with van der Waals surface area (Å²) in [5.74, 6) is -0.762. The van der Waals surface area contributed by atoms with Gasteiger partial charge >= 0.3 is 5.97 Å². The normalized spacial score (nSPS) is 26.6. The van der Waals surface area contributed by atoms with Crippen LogP contribution in [0.25, 0.3) is 0 Å². The summed E-state index contributed by atoms with van der Waals surface area (Å²) in [6.45, 7) is 0. The van der Waals surface area contributed by atoms with Crippen LogP contribution in [-0.2, 0) is 4.79 Å². The number of carboxylic acid groups (broad SMARTS) is 1. The molecule has 2 heterocycles. The maximum atomic E-state index is 12.4. The van der Waals surface area contributed by atoms with Crippen molar-refractivity contribution < 1.29 is 19.4 Å². The highest BCUT2D eigenvalue weighted by atomic mass is 16.5. The molecule has 3 unspecified atom stereocenters. The van der Waals surface area contributed by atoms with Crippen molar-refractivity contribution in [3.8, 4) is 5.75 Å². The van der Waals surface area contributed by atoms with Crippen molar-refractivity contribution in [2.75, 3.05) is 12.4 Å². The highest BCUT2D eigenvalue weighted by Crippen LogP contribution is 2.34. The molecule has 0 spiro atoms. The van der Waals surface area contributed by atoms with Gasteiger partial charge in [0, 0.05) is 18.2 Å². The molecule has 0 aromatic heterocycles. The lowest BCUT2D eigenvalue weighted by Gasteiger charge is -2.20. The van der Waals surface area contributed by atoms with Crippen LogP contribution in [-0.4, -0.2) is 36.2 Å². The van der Waals surface area contributed by atoms with Crippen LogP contribution in [0.15, 0.2) is 18.2 Å². The van der Waals surface area contributed by atoms with Crippen molar-refractivity contribution >= 4 is 17.6 Å². The number of aromatic carboxylic acids is 1. The summed E-state index contributed by atoms with van der Waals surface area (Å²) >= 11 is 0. The average Bonchev–Trinajstić information content (AvgIpc) is 3.09. The van der Waals surface area contributed by atoms with Gasteiger partial charge in [-0.2, -0.15) is 0 Å². The van der Waals surface area contributed by atoms with Gasteiger partial charge in [-0.15, -0.1) is 0 Å². The predicted molar refractivity (Wildman–Crippen MR) is 76.6 cm³/mol. The molecule has 1 aromatic rings. The van der Waals surface area contributed by atoms with Gasteiger partial charge in [0.2, 0.25) is 5.91 Å². The number of methoxy groups -OCH3 is 1. The second-order valence-electron chi connectivity index (χ2n) is 5.60. The van der Waals surface area contributed by atoms with Crippen LogP contribution >= 0.6 is 0 Å². The summed E-state index contributed by atoms with van der Waals surface area (Å²) in [4.78, 5) is 23.6. The van der Waals surface area contributed by atoms with Gasteiger partial charge in [-0.05, 0) is 31.4 Å². The molecule has 2 saturated heterocycles. The minimum absolute atomic E-state index is 0.0697. The van der Waals surface area contributed by atoms with E-state index in [1.54, 1.807) is 12.1 Å². The van der Waals surface area contributed by atoms with Crippen molar-refractivity contribution in [1.82, 2.24) is 5.32 Å². The lowest BCUT2D eigenvalue weighted by Crippen LogP contribution is -2.33. The largest absolute Gasteiger partial charge is 0.497 e. The molecule has 3 N–H and O–H groups in total. The Kier molecular flexibility index (Phi) is 3.55. The third-order valence-corrected chi connectivity index (χ3v) is 4.35. The molecule has 0 radical (unpaired) electrons. The van der Waals surface area contributed by atoms with E-state index in [0.29, 0.717) is 11.8 Å². The smallest absolute Gasteiger partial charge is 0.337 e. The fraction of sp³-hybridized carbons (Fsp3) is 0.467. The number of nitrogens with one attached hydrogen (secondary N) is 2. The second kappa shape index (κ2) is 5.37. The number of rotatable bonds is 4. The van der Waals surface area contributed by atoms with E-state index in [0.717, 1.165) is 19.3 Å². The van der Waals surface area contributed by atoms with Crippen LogP contribution in [0.5, 0.6) is 5.75 Å². The Morgan fingerprint density at radius 1 is 1.38 bits per heavy atom. The van der Waals surface area contributed by atoms with Gasteiger partial charge in [0.1, 0.15) is 5.75 Å². The molecule has 2 fully saturated rings. The van der Waals surface area contributed by atoms with Crippen molar-refractivity contribution in [2.24, 2.45) is 5.92 Å². The van der Waals surface area contributed by atoms with Crippen LogP contribution in [0, 0.1) is 5.92 Å².